The summed E-state index contributed by atoms with van der Waals surface area (Å²) in [4.78, 5) is 0. The minimum Gasteiger partial charge on any atom is -0.0654 e. The first-order valence-corrected chi connectivity index (χ1v) is 15.2. The highest BCUT2D eigenvalue weighted by Crippen LogP contribution is 2.16. The van der Waals surface area contributed by atoms with Crippen LogP contribution in [-0.4, -0.2) is 0 Å². The first-order chi connectivity index (χ1) is 15.4. The van der Waals surface area contributed by atoms with Crippen LogP contribution in [0.2, 0.25) is 0 Å². The van der Waals surface area contributed by atoms with Crippen molar-refractivity contribution in [1.82, 2.24) is 0 Å². The molecule has 0 nitrogen and oxygen atoms in total. The summed E-state index contributed by atoms with van der Waals surface area (Å²) in [6.45, 7) is 4.61. The first-order valence-electron chi connectivity index (χ1n) is 15.2. The Hall–Kier alpha value is 0. The van der Waals surface area contributed by atoms with Crippen LogP contribution < -0.4 is 0 Å². The molecule has 0 unspecified atom stereocenters. The molecule has 0 aliphatic rings. The van der Waals surface area contributed by atoms with Gasteiger partial charge in [-0.2, -0.15) is 0 Å². The minimum atomic E-state index is 1.37. The largest absolute Gasteiger partial charge is 0.0654 e. The van der Waals surface area contributed by atoms with Crippen LogP contribution in [-0.2, 0) is 0 Å². The highest BCUT2D eigenvalue weighted by Gasteiger charge is 1.96. The van der Waals surface area contributed by atoms with Gasteiger partial charge in [-0.3, -0.25) is 0 Å². The molecule has 0 bridgehead atoms. The van der Waals surface area contributed by atoms with Crippen molar-refractivity contribution in [3.63, 3.8) is 0 Å². The Labute approximate surface area is 200 Å². The highest BCUT2D eigenvalue weighted by atomic mass is 14.0. The Morgan fingerprint density at radius 3 is 0.677 bits per heavy atom. The molecular weight excluding hydrogens is 372 g/mol. The number of hydrogen-bond acceptors (Lipinski definition) is 0. The van der Waals surface area contributed by atoms with Crippen LogP contribution in [0.1, 0.15) is 194 Å². The van der Waals surface area contributed by atoms with Crippen LogP contribution in [0.15, 0.2) is 0 Å². The third-order valence-electron chi connectivity index (χ3n) is 7.02. The predicted octanol–water partition coefficient (Wildman–Crippen LogP) is 12.2. The molecule has 0 aliphatic carbocycles. The van der Waals surface area contributed by atoms with Gasteiger partial charge in [0.2, 0.25) is 0 Å². The lowest BCUT2D eigenvalue weighted by Gasteiger charge is -2.04. The topological polar surface area (TPSA) is 0 Å². The quantitative estimate of drug-likeness (QED) is 0.107. The SMILES string of the molecule is CCCCCCCCCCC[CH]CCCCCCCCCCCCCCCCCCC. The molecule has 1 radical (unpaired) electrons. The molecule has 31 heavy (non-hydrogen) atoms. The van der Waals surface area contributed by atoms with Crippen molar-refractivity contribution in [2.24, 2.45) is 0 Å². The maximum Gasteiger partial charge on any atom is -0.0386 e. The summed E-state index contributed by atoms with van der Waals surface area (Å²) < 4.78 is 0. The van der Waals surface area contributed by atoms with Crippen LogP contribution in [0.3, 0.4) is 0 Å². The molecular formula is C31H63. The third-order valence-corrected chi connectivity index (χ3v) is 7.02. The molecule has 187 valence electrons. The fourth-order valence-corrected chi connectivity index (χ4v) is 4.76. The average molecular weight is 436 g/mol. The number of unbranched alkanes of at least 4 members (excludes halogenated alkanes) is 28. The van der Waals surface area contributed by atoms with Crippen molar-refractivity contribution >= 4 is 0 Å². The standard InChI is InChI=1S/C31H63/c1-3-5-7-9-11-13-15-17-19-21-23-25-27-29-31-30-28-26-24-22-20-18-16-14-12-10-8-6-4-2/h23H,3-22,24-31H2,1-2H3. The molecule has 0 aliphatic heterocycles. The fourth-order valence-electron chi connectivity index (χ4n) is 4.76. The van der Waals surface area contributed by atoms with Crippen molar-refractivity contribution < 1.29 is 0 Å². The van der Waals surface area contributed by atoms with Gasteiger partial charge in [-0.15, -0.1) is 0 Å². The molecule has 0 amide bonds. The van der Waals surface area contributed by atoms with E-state index < -0.39 is 0 Å². The van der Waals surface area contributed by atoms with Crippen molar-refractivity contribution in [3.8, 4) is 0 Å². The maximum atomic E-state index is 2.58. The van der Waals surface area contributed by atoms with Crippen LogP contribution in [0, 0.1) is 6.42 Å². The lowest BCUT2D eigenvalue weighted by atomic mass is 10.0. The second kappa shape index (κ2) is 30.0. The van der Waals surface area contributed by atoms with Gasteiger partial charge in [0.1, 0.15) is 0 Å². The van der Waals surface area contributed by atoms with E-state index in [0.717, 1.165) is 0 Å². The molecule has 0 heteroatoms. The van der Waals surface area contributed by atoms with Gasteiger partial charge in [-0.25, -0.2) is 0 Å². The van der Waals surface area contributed by atoms with Gasteiger partial charge in [0.05, 0.1) is 0 Å². The Morgan fingerprint density at radius 2 is 0.452 bits per heavy atom. The van der Waals surface area contributed by atoms with Crippen LogP contribution in [0.4, 0.5) is 0 Å². The number of hydrogen-bond donors (Lipinski definition) is 0. The van der Waals surface area contributed by atoms with E-state index in [9.17, 15) is 0 Å². The number of rotatable bonds is 28. The summed E-state index contributed by atoms with van der Waals surface area (Å²) in [5, 5.41) is 0. The van der Waals surface area contributed by atoms with E-state index in [4.69, 9.17) is 0 Å². The van der Waals surface area contributed by atoms with Gasteiger partial charge in [0.15, 0.2) is 0 Å². The van der Waals surface area contributed by atoms with Gasteiger partial charge >= 0.3 is 0 Å². The zero-order chi connectivity index (χ0) is 22.5. The smallest absolute Gasteiger partial charge is 0.0386 e. The zero-order valence-corrected chi connectivity index (χ0v) is 22.4. The van der Waals surface area contributed by atoms with E-state index in [0.29, 0.717) is 0 Å². The van der Waals surface area contributed by atoms with Gasteiger partial charge in [0, 0.05) is 0 Å². The lowest BCUT2D eigenvalue weighted by Crippen LogP contribution is -1.85. The van der Waals surface area contributed by atoms with Gasteiger partial charge in [-0.1, -0.05) is 194 Å². The lowest BCUT2D eigenvalue weighted by molar-refractivity contribution is 0.526. The van der Waals surface area contributed by atoms with Gasteiger partial charge in [0.25, 0.3) is 0 Å². The van der Waals surface area contributed by atoms with Crippen LogP contribution in [0.25, 0.3) is 0 Å². The van der Waals surface area contributed by atoms with E-state index in [1.54, 1.807) is 0 Å². The van der Waals surface area contributed by atoms with Gasteiger partial charge < -0.3 is 0 Å². The minimum absolute atomic E-state index is 1.37. The molecule has 0 spiro atoms. The normalized spacial score (nSPS) is 11.4. The molecule has 0 saturated carbocycles. The monoisotopic (exact) mass is 435 g/mol. The Balaban J connectivity index is 2.98. The molecule has 0 atom stereocenters. The molecule has 0 saturated heterocycles. The summed E-state index contributed by atoms with van der Waals surface area (Å²) in [6, 6.07) is 0. The molecule has 0 aromatic carbocycles. The summed E-state index contributed by atoms with van der Waals surface area (Å²) in [7, 11) is 0. The molecule has 0 N–H and O–H groups in total. The van der Waals surface area contributed by atoms with E-state index in [1.807, 2.05) is 0 Å². The molecule has 0 heterocycles. The predicted molar refractivity (Wildman–Crippen MR) is 145 cm³/mol. The zero-order valence-electron chi connectivity index (χ0n) is 22.4. The van der Waals surface area contributed by atoms with Crippen molar-refractivity contribution in [3.05, 3.63) is 6.42 Å². The second-order valence-electron chi connectivity index (χ2n) is 10.4. The summed E-state index contributed by atoms with van der Waals surface area (Å²) in [6.07, 6.45) is 43.4. The highest BCUT2D eigenvalue weighted by molar-refractivity contribution is 4.64. The Kier molecular flexibility index (Phi) is 30.0. The van der Waals surface area contributed by atoms with Gasteiger partial charge in [-0.05, 0) is 6.42 Å². The summed E-state index contributed by atoms with van der Waals surface area (Å²) in [5.41, 5.74) is 0. The molecule has 0 aromatic heterocycles. The molecule has 0 aromatic rings. The van der Waals surface area contributed by atoms with E-state index >= 15 is 0 Å². The van der Waals surface area contributed by atoms with Crippen LogP contribution >= 0.6 is 0 Å². The molecule has 0 fully saturated rings. The van der Waals surface area contributed by atoms with E-state index in [1.165, 1.54) is 180 Å². The third kappa shape index (κ3) is 30.0. The first kappa shape index (κ1) is 31.0. The summed E-state index contributed by atoms with van der Waals surface area (Å²) >= 11 is 0. The van der Waals surface area contributed by atoms with Crippen molar-refractivity contribution in [2.45, 2.75) is 194 Å². The van der Waals surface area contributed by atoms with E-state index in [-0.39, 0.29) is 0 Å². The van der Waals surface area contributed by atoms with E-state index in [2.05, 4.69) is 20.3 Å². The maximum absolute atomic E-state index is 2.58. The average Bonchev–Trinajstić information content (AvgIpc) is 2.78. The Bertz CT molecular complexity index is 254. The van der Waals surface area contributed by atoms with Crippen molar-refractivity contribution in [1.29, 1.82) is 0 Å². The second-order valence-corrected chi connectivity index (χ2v) is 10.4. The van der Waals surface area contributed by atoms with Crippen LogP contribution in [0.5, 0.6) is 0 Å². The Morgan fingerprint density at radius 1 is 0.258 bits per heavy atom. The summed E-state index contributed by atoms with van der Waals surface area (Å²) in [5.74, 6) is 0. The fraction of sp³-hybridized carbons (Fsp3) is 0.968. The van der Waals surface area contributed by atoms with Crippen molar-refractivity contribution in [2.75, 3.05) is 0 Å². The molecule has 0 rings (SSSR count).